The highest BCUT2D eigenvalue weighted by atomic mass is 35.5. The van der Waals surface area contributed by atoms with Crippen molar-refractivity contribution < 1.29 is 13.9 Å². The lowest BCUT2D eigenvalue weighted by Gasteiger charge is -2.08. The van der Waals surface area contributed by atoms with Gasteiger partial charge in [-0.05, 0) is 37.1 Å². The van der Waals surface area contributed by atoms with Crippen LogP contribution in [0.25, 0.3) is 0 Å². The first-order valence-corrected chi connectivity index (χ1v) is 5.03. The minimum Gasteiger partial charge on any atom is -0.466 e. The number of ether oxygens (including phenoxy) is 1. The molecule has 0 unspecified atom stereocenters. The lowest BCUT2D eigenvalue weighted by molar-refractivity contribution is -0.142. The largest absolute Gasteiger partial charge is 0.466 e. The van der Waals surface area contributed by atoms with Gasteiger partial charge < -0.3 is 4.74 Å². The maximum atomic E-state index is 13.2. The Morgan fingerprint density at radius 3 is 2.80 bits per heavy atom. The number of hydrogen-bond acceptors (Lipinski definition) is 2. The van der Waals surface area contributed by atoms with E-state index in [1.165, 1.54) is 12.1 Å². The van der Waals surface area contributed by atoms with E-state index in [0.717, 1.165) is 0 Å². The molecule has 0 aliphatic carbocycles. The van der Waals surface area contributed by atoms with E-state index in [4.69, 9.17) is 16.3 Å². The molecule has 0 heterocycles. The summed E-state index contributed by atoms with van der Waals surface area (Å²) >= 11 is 5.87. The molecule has 82 valence electrons. The molecule has 1 rings (SSSR count). The molecule has 0 saturated heterocycles. The highest BCUT2D eigenvalue weighted by molar-refractivity contribution is 6.31. The number of halogens is 2. The summed E-state index contributed by atoms with van der Waals surface area (Å²) in [6.45, 7) is 3.62. The number of esters is 1. The summed E-state index contributed by atoms with van der Waals surface area (Å²) in [6.07, 6.45) is 0.0102. The van der Waals surface area contributed by atoms with Crippen LogP contribution in [-0.4, -0.2) is 12.6 Å². The van der Waals surface area contributed by atoms with Gasteiger partial charge in [-0.2, -0.15) is 0 Å². The fourth-order valence-corrected chi connectivity index (χ4v) is 1.54. The van der Waals surface area contributed by atoms with Gasteiger partial charge in [0.05, 0.1) is 13.0 Å². The van der Waals surface area contributed by atoms with Crippen LogP contribution in [0.2, 0.25) is 5.02 Å². The SMILES string of the molecule is CCOC(=O)Cc1c(Cl)ccc(F)c1C. The quantitative estimate of drug-likeness (QED) is 0.747. The lowest BCUT2D eigenvalue weighted by Crippen LogP contribution is -2.09. The van der Waals surface area contributed by atoms with E-state index in [0.29, 0.717) is 22.8 Å². The van der Waals surface area contributed by atoms with Crippen molar-refractivity contribution in [2.75, 3.05) is 6.61 Å². The first-order chi connectivity index (χ1) is 7.06. The van der Waals surface area contributed by atoms with Gasteiger partial charge >= 0.3 is 5.97 Å². The van der Waals surface area contributed by atoms with Crippen LogP contribution < -0.4 is 0 Å². The molecular formula is C11H12ClFO2. The van der Waals surface area contributed by atoms with Crippen LogP contribution >= 0.6 is 11.6 Å². The number of carbonyl (C=O) groups excluding carboxylic acids is 1. The van der Waals surface area contributed by atoms with Gasteiger partial charge in [-0.25, -0.2) is 4.39 Å². The third kappa shape index (κ3) is 2.93. The van der Waals surface area contributed by atoms with Crippen molar-refractivity contribution in [1.82, 2.24) is 0 Å². The van der Waals surface area contributed by atoms with Crippen LogP contribution in [0.5, 0.6) is 0 Å². The normalized spacial score (nSPS) is 10.1. The van der Waals surface area contributed by atoms with E-state index in [2.05, 4.69) is 0 Å². The number of benzene rings is 1. The molecule has 4 heteroatoms. The fraction of sp³-hybridized carbons (Fsp3) is 0.364. The predicted molar refractivity (Wildman–Crippen MR) is 56.5 cm³/mol. The first kappa shape index (κ1) is 12.0. The van der Waals surface area contributed by atoms with Crippen molar-refractivity contribution in [1.29, 1.82) is 0 Å². The van der Waals surface area contributed by atoms with Gasteiger partial charge in [0.15, 0.2) is 0 Å². The minimum absolute atomic E-state index is 0.0102. The molecule has 0 spiro atoms. The molecule has 0 fully saturated rings. The zero-order valence-electron chi connectivity index (χ0n) is 8.64. The summed E-state index contributed by atoms with van der Waals surface area (Å²) in [4.78, 5) is 11.2. The number of hydrogen-bond donors (Lipinski definition) is 0. The van der Waals surface area contributed by atoms with E-state index < -0.39 is 5.97 Å². The second-order valence-corrected chi connectivity index (χ2v) is 3.52. The molecular weight excluding hydrogens is 219 g/mol. The summed E-state index contributed by atoms with van der Waals surface area (Å²) in [5.74, 6) is -0.758. The summed E-state index contributed by atoms with van der Waals surface area (Å²) in [5, 5.41) is 0.391. The third-order valence-corrected chi connectivity index (χ3v) is 2.46. The molecule has 0 aliphatic rings. The van der Waals surface area contributed by atoms with E-state index in [1.54, 1.807) is 13.8 Å². The maximum Gasteiger partial charge on any atom is 0.310 e. The lowest BCUT2D eigenvalue weighted by atomic mass is 10.1. The average Bonchev–Trinajstić information content (AvgIpc) is 2.19. The zero-order chi connectivity index (χ0) is 11.4. The average molecular weight is 231 g/mol. The zero-order valence-corrected chi connectivity index (χ0v) is 9.40. The highest BCUT2D eigenvalue weighted by Crippen LogP contribution is 2.22. The number of carbonyl (C=O) groups is 1. The molecule has 0 saturated carbocycles. The van der Waals surface area contributed by atoms with Crippen LogP contribution in [0.3, 0.4) is 0 Å². The van der Waals surface area contributed by atoms with Gasteiger partial charge in [0.2, 0.25) is 0 Å². The predicted octanol–water partition coefficient (Wildman–Crippen LogP) is 2.89. The summed E-state index contributed by atoms with van der Waals surface area (Å²) in [5.41, 5.74) is 0.894. The van der Waals surface area contributed by atoms with E-state index in [-0.39, 0.29) is 12.2 Å². The molecule has 2 nitrogen and oxygen atoms in total. The van der Waals surface area contributed by atoms with Gasteiger partial charge in [-0.3, -0.25) is 4.79 Å². The topological polar surface area (TPSA) is 26.3 Å². The van der Waals surface area contributed by atoms with Crippen LogP contribution in [0, 0.1) is 12.7 Å². The molecule has 0 amide bonds. The first-order valence-electron chi connectivity index (χ1n) is 4.65. The van der Waals surface area contributed by atoms with Crippen molar-refractivity contribution in [2.45, 2.75) is 20.3 Å². The maximum absolute atomic E-state index is 13.2. The van der Waals surface area contributed by atoms with Crippen LogP contribution in [0.15, 0.2) is 12.1 Å². The Balaban J connectivity index is 2.93. The molecule has 0 aromatic heterocycles. The van der Waals surface area contributed by atoms with Gasteiger partial charge in [-0.1, -0.05) is 11.6 Å². The third-order valence-electron chi connectivity index (χ3n) is 2.10. The molecule has 0 aliphatic heterocycles. The van der Waals surface area contributed by atoms with Crippen molar-refractivity contribution in [3.63, 3.8) is 0 Å². The standard InChI is InChI=1S/C11H12ClFO2/c1-3-15-11(14)6-8-7(2)10(13)5-4-9(8)12/h4-5H,3,6H2,1-2H3. The van der Waals surface area contributed by atoms with Gasteiger partial charge in [0, 0.05) is 5.02 Å². The van der Waals surface area contributed by atoms with Crippen LogP contribution in [0.1, 0.15) is 18.1 Å². The van der Waals surface area contributed by atoms with Crippen molar-refractivity contribution in [3.8, 4) is 0 Å². The number of rotatable bonds is 3. The van der Waals surface area contributed by atoms with E-state index in [9.17, 15) is 9.18 Å². The monoisotopic (exact) mass is 230 g/mol. The Kier molecular flexibility index (Phi) is 4.09. The Morgan fingerprint density at radius 2 is 2.20 bits per heavy atom. The highest BCUT2D eigenvalue weighted by Gasteiger charge is 2.13. The smallest absolute Gasteiger partial charge is 0.310 e. The summed E-state index contributed by atoms with van der Waals surface area (Å²) in [6, 6.07) is 2.73. The Hall–Kier alpha value is -1.09. The molecule has 0 bridgehead atoms. The van der Waals surface area contributed by atoms with E-state index in [1.807, 2.05) is 0 Å². The Labute approximate surface area is 93.0 Å². The Morgan fingerprint density at radius 1 is 1.53 bits per heavy atom. The van der Waals surface area contributed by atoms with Crippen LogP contribution in [0.4, 0.5) is 4.39 Å². The molecule has 0 radical (unpaired) electrons. The van der Waals surface area contributed by atoms with Crippen LogP contribution in [-0.2, 0) is 16.0 Å². The summed E-state index contributed by atoms with van der Waals surface area (Å²) < 4.78 is 18.0. The fourth-order valence-electron chi connectivity index (χ4n) is 1.27. The van der Waals surface area contributed by atoms with Gasteiger partial charge in [0.1, 0.15) is 5.82 Å². The van der Waals surface area contributed by atoms with Gasteiger partial charge in [-0.15, -0.1) is 0 Å². The second-order valence-electron chi connectivity index (χ2n) is 3.11. The molecule has 1 aromatic rings. The molecule has 1 aromatic carbocycles. The summed E-state index contributed by atoms with van der Waals surface area (Å²) in [7, 11) is 0. The van der Waals surface area contributed by atoms with Crippen molar-refractivity contribution in [3.05, 3.63) is 34.1 Å². The Bertz CT molecular complexity index is 377. The molecule has 15 heavy (non-hydrogen) atoms. The van der Waals surface area contributed by atoms with Crippen molar-refractivity contribution >= 4 is 17.6 Å². The van der Waals surface area contributed by atoms with Crippen molar-refractivity contribution in [2.24, 2.45) is 0 Å². The molecule has 0 atom stereocenters. The second kappa shape index (κ2) is 5.12. The molecule has 0 N–H and O–H groups in total. The van der Waals surface area contributed by atoms with Gasteiger partial charge in [0.25, 0.3) is 0 Å². The minimum atomic E-state index is -0.395. The van der Waals surface area contributed by atoms with E-state index >= 15 is 0 Å².